The molecule has 2 unspecified atom stereocenters. The molecule has 0 saturated carbocycles. The summed E-state index contributed by atoms with van der Waals surface area (Å²) in [6, 6.07) is 1.73. The highest BCUT2D eigenvalue weighted by Crippen LogP contribution is 2.26. The standard InChI is InChI=1S/C14H22N2O3S/c1-8(13(17)18)7-16(5)14(19)15-10(3)12-6-9(2)20-11(12)4/h6,8,10H,7H2,1-5H3,(H,15,19)(H,17,18). The fraction of sp³-hybridized carbons (Fsp3) is 0.571. The van der Waals surface area contributed by atoms with E-state index in [1.807, 2.05) is 20.8 Å². The van der Waals surface area contributed by atoms with Crippen LogP contribution in [-0.2, 0) is 4.79 Å². The summed E-state index contributed by atoms with van der Waals surface area (Å²) in [5.74, 6) is -1.48. The number of nitrogens with zero attached hydrogens (tertiary/aromatic N) is 1. The molecule has 5 nitrogen and oxygen atoms in total. The maximum Gasteiger partial charge on any atom is 0.317 e. The third-order valence-corrected chi connectivity index (χ3v) is 4.18. The average Bonchev–Trinajstić information content (AvgIpc) is 2.67. The summed E-state index contributed by atoms with van der Waals surface area (Å²) in [5.41, 5.74) is 1.11. The quantitative estimate of drug-likeness (QED) is 0.878. The number of aliphatic carboxylic acids is 1. The lowest BCUT2D eigenvalue weighted by Gasteiger charge is -2.23. The molecule has 2 N–H and O–H groups in total. The Labute approximate surface area is 123 Å². The number of thiophene rings is 1. The highest BCUT2D eigenvalue weighted by Gasteiger charge is 2.20. The van der Waals surface area contributed by atoms with E-state index < -0.39 is 11.9 Å². The van der Waals surface area contributed by atoms with Crippen LogP contribution in [0, 0.1) is 19.8 Å². The minimum atomic E-state index is -0.901. The van der Waals surface area contributed by atoms with Crippen molar-refractivity contribution in [2.24, 2.45) is 5.92 Å². The Bertz CT molecular complexity index is 499. The molecule has 1 aromatic rings. The first kappa shape index (κ1) is 16.5. The van der Waals surface area contributed by atoms with Gasteiger partial charge in [0.05, 0.1) is 12.0 Å². The highest BCUT2D eigenvalue weighted by atomic mass is 32.1. The average molecular weight is 298 g/mol. The first-order chi connectivity index (χ1) is 9.22. The minimum absolute atomic E-state index is 0.0879. The van der Waals surface area contributed by atoms with Crippen molar-refractivity contribution in [3.05, 3.63) is 21.4 Å². The zero-order valence-corrected chi connectivity index (χ0v) is 13.4. The van der Waals surface area contributed by atoms with Crippen molar-refractivity contribution in [3.63, 3.8) is 0 Å². The molecule has 20 heavy (non-hydrogen) atoms. The molecule has 6 heteroatoms. The van der Waals surface area contributed by atoms with Gasteiger partial charge in [-0.15, -0.1) is 11.3 Å². The van der Waals surface area contributed by atoms with Crippen LogP contribution < -0.4 is 5.32 Å². The van der Waals surface area contributed by atoms with Gasteiger partial charge >= 0.3 is 12.0 Å². The normalized spacial score (nSPS) is 13.7. The van der Waals surface area contributed by atoms with Gasteiger partial charge in [-0.1, -0.05) is 6.92 Å². The Morgan fingerprint density at radius 2 is 2.00 bits per heavy atom. The van der Waals surface area contributed by atoms with Gasteiger partial charge < -0.3 is 15.3 Å². The van der Waals surface area contributed by atoms with Gasteiger partial charge in [0.15, 0.2) is 0 Å². The van der Waals surface area contributed by atoms with Crippen LogP contribution in [0.2, 0.25) is 0 Å². The summed E-state index contributed by atoms with van der Waals surface area (Å²) in [4.78, 5) is 26.6. The van der Waals surface area contributed by atoms with Crippen LogP contribution in [0.3, 0.4) is 0 Å². The van der Waals surface area contributed by atoms with Crippen molar-refractivity contribution in [2.75, 3.05) is 13.6 Å². The van der Waals surface area contributed by atoms with Gasteiger partial charge in [-0.25, -0.2) is 4.79 Å². The molecule has 0 aliphatic rings. The number of aryl methyl sites for hydroxylation is 2. The first-order valence-corrected chi connectivity index (χ1v) is 7.35. The monoisotopic (exact) mass is 298 g/mol. The second-order valence-electron chi connectivity index (χ2n) is 5.16. The molecule has 0 bridgehead atoms. The maximum atomic E-state index is 12.0. The van der Waals surface area contributed by atoms with E-state index >= 15 is 0 Å². The van der Waals surface area contributed by atoms with Gasteiger partial charge in [0, 0.05) is 23.3 Å². The van der Waals surface area contributed by atoms with E-state index in [0.717, 1.165) is 5.56 Å². The summed E-state index contributed by atoms with van der Waals surface area (Å²) in [6.07, 6.45) is 0. The number of amides is 2. The molecular formula is C14H22N2O3S. The van der Waals surface area contributed by atoms with E-state index in [1.165, 1.54) is 14.7 Å². The summed E-state index contributed by atoms with van der Waals surface area (Å²) in [5, 5.41) is 11.7. The second-order valence-corrected chi connectivity index (χ2v) is 6.62. The summed E-state index contributed by atoms with van der Waals surface area (Å²) in [6.45, 7) is 7.78. The highest BCUT2D eigenvalue weighted by molar-refractivity contribution is 7.12. The van der Waals surface area contributed by atoms with Gasteiger partial charge in [0.1, 0.15) is 0 Å². The number of rotatable bonds is 5. The van der Waals surface area contributed by atoms with Crippen molar-refractivity contribution in [1.29, 1.82) is 0 Å². The van der Waals surface area contributed by atoms with Gasteiger partial charge in [-0.2, -0.15) is 0 Å². The van der Waals surface area contributed by atoms with Gasteiger partial charge in [0.25, 0.3) is 0 Å². The van der Waals surface area contributed by atoms with E-state index in [-0.39, 0.29) is 18.6 Å². The number of carboxylic acids is 1. The van der Waals surface area contributed by atoms with E-state index in [0.29, 0.717) is 0 Å². The molecule has 0 aliphatic carbocycles. The molecule has 2 amide bonds. The fourth-order valence-electron chi connectivity index (χ4n) is 2.03. The molecular weight excluding hydrogens is 276 g/mol. The Hall–Kier alpha value is -1.56. The minimum Gasteiger partial charge on any atom is -0.481 e. The number of carboxylic acid groups (broad SMARTS) is 1. The molecule has 1 aromatic heterocycles. The number of hydrogen-bond acceptors (Lipinski definition) is 3. The van der Waals surface area contributed by atoms with Gasteiger partial charge in [-0.3, -0.25) is 4.79 Å². The predicted octanol–water partition coefficient (Wildman–Crippen LogP) is 2.79. The van der Waals surface area contributed by atoms with E-state index in [4.69, 9.17) is 5.11 Å². The first-order valence-electron chi connectivity index (χ1n) is 6.53. The molecule has 0 spiro atoms. The lowest BCUT2D eigenvalue weighted by molar-refractivity contribution is -0.141. The lowest BCUT2D eigenvalue weighted by Crippen LogP contribution is -2.41. The third kappa shape index (κ3) is 4.23. The molecule has 1 heterocycles. The number of hydrogen-bond donors (Lipinski definition) is 2. The third-order valence-electron chi connectivity index (χ3n) is 3.20. The van der Waals surface area contributed by atoms with Crippen LogP contribution >= 0.6 is 11.3 Å². The van der Waals surface area contributed by atoms with Crippen molar-refractivity contribution in [2.45, 2.75) is 33.7 Å². The molecule has 0 saturated heterocycles. The van der Waals surface area contributed by atoms with E-state index in [1.54, 1.807) is 25.3 Å². The predicted molar refractivity (Wildman–Crippen MR) is 80.2 cm³/mol. The van der Waals surface area contributed by atoms with E-state index in [2.05, 4.69) is 11.4 Å². The van der Waals surface area contributed by atoms with Crippen molar-refractivity contribution < 1.29 is 14.7 Å². The number of urea groups is 1. The van der Waals surface area contributed by atoms with Gasteiger partial charge in [-0.05, 0) is 32.4 Å². The summed E-state index contributed by atoms with van der Waals surface area (Å²) >= 11 is 1.70. The second kappa shape index (κ2) is 6.74. The Morgan fingerprint density at radius 1 is 1.40 bits per heavy atom. The van der Waals surface area contributed by atoms with Crippen LogP contribution in [-0.4, -0.2) is 35.6 Å². The molecule has 0 radical (unpaired) electrons. The largest absolute Gasteiger partial charge is 0.481 e. The Kier molecular flexibility index (Phi) is 5.56. The molecule has 1 rings (SSSR count). The molecule has 0 fully saturated rings. The lowest BCUT2D eigenvalue weighted by atomic mass is 10.1. The van der Waals surface area contributed by atoms with Gasteiger partial charge in [0.2, 0.25) is 0 Å². The summed E-state index contributed by atoms with van der Waals surface area (Å²) < 4.78 is 0. The molecule has 0 aromatic carbocycles. The SMILES string of the molecule is Cc1cc(C(C)NC(=O)N(C)CC(C)C(=O)O)c(C)s1. The fourth-order valence-corrected chi connectivity index (χ4v) is 3.05. The maximum absolute atomic E-state index is 12.0. The molecule has 112 valence electrons. The number of carbonyl (C=O) groups is 2. The number of nitrogens with one attached hydrogen (secondary N) is 1. The van der Waals surface area contributed by atoms with Crippen molar-refractivity contribution >= 4 is 23.3 Å². The van der Waals surface area contributed by atoms with Crippen LogP contribution in [0.5, 0.6) is 0 Å². The van der Waals surface area contributed by atoms with Crippen LogP contribution in [0.25, 0.3) is 0 Å². The van der Waals surface area contributed by atoms with Crippen molar-refractivity contribution in [1.82, 2.24) is 10.2 Å². The smallest absolute Gasteiger partial charge is 0.317 e. The van der Waals surface area contributed by atoms with Crippen LogP contribution in [0.1, 0.15) is 35.2 Å². The topological polar surface area (TPSA) is 69.6 Å². The zero-order chi connectivity index (χ0) is 15.4. The number of carbonyl (C=O) groups excluding carboxylic acids is 1. The van der Waals surface area contributed by atoms with E-state index in [9.17, 15) is 9.59 Å². The van der Waals surface area contributed by atoms with Crippen LogP contribution in [0.4, 0.5) is 4.79 Å². The van der Waals surface area contributed by atoms with Crippen molar-refractivity contribution in [3.8, 4) is 0 Å². The molecule has 2 atom stereocenters. The molecule has 0 aliphatic heterocycles. The Balaban J connectivity index is 2.61. The zero-order valence-electron chi connectivity index (χ0n) is 12.6. The Morgan fingerprint density at radius 3 is 2.45 bits per heavy atom. The van der Waals surface area contributed by atoms with Crippen LogP contribution in [0.15, 0.2) is 6.07 Å². The summed E-state index contributed by atoms with van der Waals surface area (Å²) in [7, 11) is 1.60.